The fourth-order valence-electron chi connectivity index (χ4n) is 2.95. The summed E-state index contributed by atoms with van der Waals surface area (Å²) in [6.07, 6.45) is -0.198. The molecule has 3 aromatic carbocycles. The van der Waals surface area contributed by atoms with Gasteiger partial charge in [-0.2, -0.15) is 0 Å². The van der Waals surface area contributed by atoms with Gasteiger partial charge in [0.05, 0.1) is 19.3 Å². The molecule has 3 N–H and O–H groups in total. The standard InChI is InChI=1S/C23H25NO3/c1-26-21-13-12-19(15-22(21)27-16-18-10-6-3-7-11-18)23(24)20(25)14-17-8-4-2-5-9-17/h2-13,15,20,23,25H,14,16,24H2,1H3/t20-,23+/m0/s1. The molecular weight excluding hydrogens is 338 g/mol. The number of hydrogen-bond donors (Lipinski definition) is 2. The van der Waals surface area contributed by atoms with Gasteiger partial charge in [0, 0.05) is 6.42 Å². The topological polar surface area (TPSA) is 64.7 Å². The van der Waals surface area contributed by atoms with Crippen LogP contribution >= 0.6 is 0 Å². The summed E-state index contributed by atoms with van der Waals surface area (Å²) < 4.78 is 11.3. The lowest BCUT2D eigenvalue weighted by Crippen LogP contribution is -2.28. The fourth-order valence-corrected chi connectivity index (χ4v) is 2.95. The van der Waals surface area contributed by atoms with E-state index >= 15 is 0 Å². The van der Waals surface area contributed by atoms with Gasteiger partial charge in [0.1, 0.15) is 6.61 Å². The van der Waals surface area contributed by atoms with Crippen LogP contribution in [-0.4, -0.2) is 18.3 Å². The zero-order valence-electron chi connectivity index (χ0n) is 15.4. The molecule has 3 aromatic rings. The third-order valence-electron chi connectivity index (χ3n) is 4.51. The van der Waals surface area contributed by atoms with Gasteiger partial charge in [0.25, 0.3) is 0 Å². The first-order valence-electron chi connectivity index (χ1n) is 8.99. The number of aliphatic hydroxyl groups excluding tert-OH is 1. The molecule has 0 aromatic heterocycles. The Bertz CT molecular complexity index is 837. The molecule has 0 saturated heterocycles. The summed E-state index contributed by atoms with van der Waals surface area (Å²) in [5.74, 6) is 1.25. The summed E-state index contributed by atoms with van der Waals surface area (Å²) in [5.41, 5.74) is 9.23. The Balaban J connectivity index is 1.73. The van der Waals surface area contributed by atoms with Crippen molar-refractivity contribution in [3.8, 4) is 11.5 Å². The van der Waals surface area contributed by atoms with E-state index in [1.807, 2.05) is 78.9 Å². The highest BCUT2D eigenvalue weighted by Crippen LogP contribution is 2.31. The maximum Gasteiger partial charge on any atom is 0.161 e. The zero-order valence-corrected chi connectivity index (χ0v) is 15.4. The van der Waals surface area contributed by atoms with E-state index in [1.165, 1.54) is 0 Å². The predicted octanol–water partition coefficient (Wildman–Crippen LogP) is 3.88. The van der Waals surface area contributed by atoms with Crippen molar-refractivity contribution in [1.29, 1.82) is 0 Å². The van der Waals surface area contributed by atoms with Crippen molar-refractivity contribution in [2.75, 3.05) is 7.11 Å². The van der Waals surface area contributed by atoms with E-state index in [0.29, 0.717) is 24.5 Å². The van der Waals surface area contributed by atoms with Crippen LogP contribution < -0.4 is 15.2 Å². The predicted molar refractivity (Wildman–Crippen MR) is 107 cm³/mol. The van der Waals surface area contributed by atoms with E-state index in [2.05, 4.69) is 0 Å². The van der Waals surface area contributed by atoms with Crippen LogP contribution in [0.4, 0.5) is 0 Å². The second-order valence-corrected chi connectivity index (χ2v) is 6.47. The molecule has 0 aliphatic heterocycles. The largest absolute Gasteiger partial charge is 0.493 e. The van der Waals surface area contributed by atoms with Crippen LogP contribution in [0.1, 0.15) is 22.7 Å². The summed E-state index contributed by atoms with van der Waals surface area (Å²) in [6, 6.07) is 24.8. The van der Waals surface area contributed by atoms with Gasteiger partial charge in [-0.25, -0.2) is 0 Å². The van der Waals surface area contributed by atoms with Gasteiger partial charge in [-0.05, 0) is 28.8 Å². The Hall–Kier alpha value is -2.82. The van der Waals surface area contributed by atoms with E-state index in [0.717, 1.165) is 16.7 Å². The second-order valence-electron chi connectivity index (χ2n) is 6.47. The fraction of sp³-hybridized carbons (Fsp3) is 0.217. The molecule has 0 spiro atoms. The lowest BCUT2D eigenvalue weighted by molar-refractivity contribution is 0.145. The maximum absolute atomic E-state index is 10.6. The quantitative estimate of drug-likeness (QED) is 0.637. The molecule has 3 rings (SSSR count). The van der Waals surface area contributed by atoms with Gasteiger partial charge in [-0.1, -0.05) is 66.7 Å². The van der Waals surface area contributed by atoms with Crippen LogP contribution in [0.3, 0.4) is 0 Å². The molecule has 27 heavy (non-hydrogen) atoms. The number of methoxy groups -OCH3 is 1. The number of ether oxygens (including phenoxy) is 2. The molecule has 140 valence electrons. The zero-order chi connectivity index (χ0) is 19.1. The number of benzene rings is 3. The molecule has 0 amide bonds. The Morgan fingerprint density at radius 3 is 2.11 bits per heavy atom. The monoisotopic (exact) mass is 363 g/mol. The summed E-state index contributed by atoms with van der Waals surface area (Å²) in [7, 11) is 1.61. The summed E-state index contributed by atoms with van der Waals surface area (Å²) in [4.78, 5) is 0. The number of nitrogens with two attached hydrogens (primary N) is 1. The molecule has 0 radical (unpaired) electrons. The normalized spacial score (nSPS) is 13.0. The Morgan fingerprint density at radius 1 is 0.852 bits per heavy atom. The third kappa shape index (κ3) is 5.09. The lowest BCUT2D eigenvalue weighted by atomic mass is 9.96. The minimum atomic E-state index is -0.692. The van der Waals surface area contributed by atoms with Crippen molar-refractivity contribution in [2.45, 2.75) is 25.2 Å². The van der Waals surface area contributed by atoms with Crippen LogP contribution in [-0.2, 0) is 13.0 Å². The highest BCUT2D eigenvalue weighted by Gasteiger charge is 2.19. The molecule has 2 atom stereocenters. The first-order valence-corrected chi connectivity index (χ1v) is 8.99. The van der Waals surface area contributed by atoms with Gasteiger partial charge in [-0.15, -0.1) is 0 Å². The molecule has 0 aliphatic rings. The van der Waals surface area contributed by atoms with Gasteiger partial charge in [0.15, 0.2) is 11.5 Å². The smallest absolute Gasteiger partial charge is 0.161 e. The highest BCUT2D eigenvalue weighted by molar-refractivity contribution is 5.44. The van der Waals surface area contributed by atoms with Crippen molar-refractivity contribution >= 4 is 0 Å². The summed E-state index contributed by atoms with van der Waals surface area (Å²) >= 11 is 0. The van der Waals surface area contributed by atoms with Crippen molar-refractivity contribution in [1.82, 2.24) is 0 Å². The molecule has 0 bridgehead atoms. The molecule has 0 heterocycles. The SMILES string of the molecule is COc1ccc([C@@H](N)[C@@H](O)Cc2ccccc2)cc1OCc1ccccc1. The molecule has 0 saturated carbocycles. The average molecular weight is 363 g/mol. The number of hydrogen-bond acceptors (Lipinski definition) is 4. The van der Waals surface area contributed by atoms with E-state index < -0.39 is 12.1 Å². The van der Waals surface area contributed by atoms with Crippen LogP contribution in [0.5, 0.6) is 11.5 Å². The highest BCUT2D eigenvalue weighted by atomic mass is 16.5. The Labute approximate surface area is 160 Å². The minimum absolute atomic E-state index is 0.433. The van der Waals surface area contributed by atoms with Crippen LogP contribution in [0, 0.1) is 0 Å². The Morgan fingerprint density at radius 2 is 1.48 bits per heavy atom. The van der Waals surface area contributed by atoms with Crippen LogP contribution in [0.25, 0.3) is 0 Å². The van der Waals surface area contributed by atoms with E-state index in [9.17, 15) is 5.11 Å². The van der Waals surface area contributed by atoms with E-state index in [1.54, 1.807) is 7.11 Å². The molecule has 0 fully saturated rings. The molecule has 4 nitrogen and oxygen atoms in total. The molecule has 0 aliphatic carbocycles. The van der Waals surface area contributed by atoms with Gasteiger partial charge in [0.2, 0.25) is 0 Å². The first-order chi connectivity index (χ1) is 13.2. The van der Waals surface area contributed by atoms with Crippen molar-refractivity contribution < 1.29 is 14.6 Å². The van der Waals surface area contributed by atoms with Crippen molar-refractivity contribution in [3.63, 3.8) is 0 Å². The van der Waals surface area contributed by atoms with Crippen molar-refractivity contribution in [3.05, 3.63) is 95.6 Å². The summed E-state index contributed by atoms with van der Waals surface area (Å²) in [6.45, 7) is 0.433. The molecule has 0 unspecified atom stereocenters. The molecule has 4 heteroatoms. The van der Waals surface area contributed by atoms with E-state index in [-0.39, 0.29) is 0 Å². The number of aliphatic hydroxyl groups is 1. The van der Waals surface area contributed by atoms with Gasteiger partial charge >= 0.3 is 0 Å². The minimum Gasteiger partial charge on any atom is -0.493 e. The number of rotatable bonds is 8. The molecular formula is C23H25NO3. The average Bonchev–Trinajstić information content (AvgIpc) is 2.73. The first kappa shape index (κ1) is 19.0. The van der Waals surface area contributed by atoms with Crippen LogP contribution in [0.15, 0.2) is 78.9 Å². The summed E-state index contributed by atoms with van der Waals surface area (Å²) in [5, 5.41) is 10.6. The van der Waals surface area contributed by atoms with Crippen molar-refractivity contribution in [2.24, 2.45) is 5.73 Å². The lowest BCUT2D eigenvalue weighted by Gasteiger charge is -2.21. The van der Waals surface area contributed by atoms with Gasteiger partial charge < -0.3 is 20.3 Å². The second kappa shape index (κ2) is 9.21. The maximum atomic E-state index is 10.6. The van der Waals surface area contributed by atoms with Gasteiger partial charge in [-0.3, -0.25) is 0 Å². The van der Waals surface area contributed by atoms with E-state index in [4.69, 9.17) is 15.2 Å². The third-order valence-corrected chi connectivity index (χ3v) is 4.51. The van der Waals surface area contributed by atoms with Crippen LogP contribution in [0.2, 0.25) is 0 Å². The Kier molecular flexibility index (Phi) is 6.47.